The van der Waals surface area contributed by atoms with Crippen LogP contribution in [0.2, 0.25) is 0 Å². The fourth-order valence-electron chi connectivity index (χ4n) is 6.85. The van der Waals surface area contributed by atoms with E-state index < -0.39 is 6.10 Å². The van der Waals surface area contributed by atoms with Gasteiger partial charge in [0.05, 0.1) is 6.61 Å². The third-order valence-corrected chi connectivity index (χ3v) is 10.5. The molecule has 0 rings (SSSR count). The van der Waals surface area contributed by atoms with Gasteiger partial charge < -0.3 is 14.6 Å². The molecule has 0 aliphatic carbocycles. The highest BCUT2D eigenvalue weighted by molar-refractivity contribution is 5.70. The molecule has 0 saturated carbocycles. The quantitative estimate of drug-likeness (QED) is 0.0377. The van der Waals surface area contributed by atoms with Gasteiger partial charge in [-0.1, -0.05) is 228 Å². The second-order valence-electron chi connectivity index (χ2n) is 16.2. The molecule has 0 fully saturated rings. The van der Waals surface area contributed by atoms with E-state index in [-0.39, 0.29) is 25.2 Å². The lowest BCUT2D eigenvalue weighted by Crippen LogP contribution is -2.28. The van der Waals surface area contributed by atoms with E-state index in [2.05, 4.69) is 86.8 Å². The van der Waals surface area contributed by atoms with Crippen LogP contribution in [0.1, 0.15) is 232 Å². The van der Waals surface area contributed by atoms with Crippen molar-refractivity contribution in [2.75, 3.05) is 13.2 Å². The predicted octanol–water partition coefficient (Wildman–Crippen LogP) is 16.1. The van der Waals surface area contributed by atoms with Crippen LogP contribution in [0.5, 0.6) is 0 Å². The number of hydrogen-bond acceptors (Lipinski definition) is 5. The van der Waals surface area contributed by atoms with E-state index >= 15 is 0 Å². The van der Waals surface area contributed by atoms with Crippen molar-refractivity contribution < 1.29 is 24.2 Å². The van der Waals surface area contributed by atoms with Crippen LogP contribution in [-0.4, -0.2) is 36.4 Å². The Labute approximate surface area is 359 Å². The number of carbonyl (C=O) groups is 2. The summed E-state index contributed by atoms with van der Waals surface area (Å²) in [7, 11) is 0. The van der Waals surface area contributed by atoms with Crippen LogP contribution in [0.3, 0.4) is 0 Å². The van der Waals surface area contributed by atoms with Gasteiger partial charge in [0.25, 0.3) is 0 Å². The van der Waals surface area contributed by atoms with Gasteiger partial charge in [0.1, 0.15) is 6.61 Å². The molecule has 0 spiro atoms. The van der Waals surface area contributed by atoms with E-state index in [1.807, 2.05) is 0 Å². The topological polar surface area (TPSA) is 72.8 Å². The molecule has 0 aliphatic rings. The van der Waals surface area contributed by atoms with Crippen LogP contribution in [0.15, 0.2) is 72.9 Å². The second-order valence-corrected chi connectivity index (χ2v) is 16.2. The molecule has 58 heavy (non-hydrogen) atoms. The summed E-state index contributed by atoms with van der Waals surface area (Å²) in [5.41, 5.74) is 0. The summed E-state index contributed by atoms with van der Waals surface area (Å²) < 4.78 is 10.7. The van der Waals surface area contributed by atoms with Crippen LogP contribution >= 0.6 is 0 Å². The van der Waals surface area contributed by atoms with Gasteiger partial charge in [-0.15, -0.1) is 0 Å². The molecular weight excluding hydrogens is 717 g/mol. The molecule has 5 heteroatoms. The van der Waals surface area contributed by atoms with Gasteiger partial charge in [0.2, 0.25) is 0 Å². The van der Waals surface area contributed by atoms with E-state index in [9.17, 15) is 14.7 Å². The van der Waals surface area contributed by atoms with Crippen LogP contribution in [0.25, 0.3) is 0 Å². The SMILES string of the molecule is CC/C=C\C/C=C\C/C=C\C/C=C\C/C=C\C/C=C\CCCCCCCCCCCCC(=O)OC(CO)COC(=O)CCCCCCCCCCCCCCCCC. The Morgan fingerprint density at radius 2 is 0.741 bits per heavy atom. The lowest BCUT2D eigenvalue weighted by molar-refractivity contribution is -0.161. The molecule has 334 valence electrons. The zero-order chi connectivity index (χ0) is 42.1. The first kappa shape index (κ1) is 55.3. The number of ether oxygens (including phenoxy) is 2. The normalized spacial score (nSPS) is 12.8. The number of esters is 2. The van der Waals surface area contributed by atoms with Gasteiger partial charge in [-0.2, -0.15) is 0 Å². The van der Waals surface area contributed by atoms with Gasteiger partial charge in [-0.3, -0.25) is 9.59 Å². The molecule has 0 aromatic rings. The fourth-order valence-corrected chi connectivity index (χ4v) is 6.85. The maximum absolute atomic E-state index is 12.3. The summed E-state index contributed by atoms with van der Waals surface area (Å²) in [4.78, 5) is 24.4. The summed E-state index contributed by atoms with van der Waals surface area (Å²) in [6.07, 6.45) is 65.6. The van der Waals surface area contributed by atoms with Crippen LogP contribution in [0, 0.1) is 0 Å². The Balaban J connectivity index is 3.54. The number of hydrogen-bond donors (Lipinski definition) is 1. The van der Waals surface area contributed by atoms with Crippen molar-refractivity contribution >= 4 is 11.9 Å². The molecule has 1 unspecified atom stereocenters. The largest absolute Gasteiger partial charge is 0.462 e. The maximum Gasteiger partial charge on any atom is 0.306 e. The minimum atomic E-state index is -0.775. The first-order chi connectivity index (χ1) is 28.6. The summed E-state index contributed by atoms with van der Waals surface area (Å²) in [5.74, 6) is -0.591. The lowest BCUT2D eigenvalue weighted by Gasteiger charge is -2.15. The molecule has 0 saturated heterocycles. The van der Waals surface area contributed by atoms with Crippen molar-refractivity contribution in [1.82, 2.24) is 0 Å². The van der Waals surface area contributed by atoms with E-state index in [0.717, 1.165) is 77.0 Å². The number of unbranched alkanes of at least 4 members (excludes halogenated alkanes) is 24. The maximum atomic E-state index is 12.3. The summed E-state index contributed by atoms with van der Waals surface area (Å²) in [5, 5.41) is 9.61. The molecule has 0 radical (unpaired) electrons. The van der Waals surface area contributed by atoms with E-state index in [4.69, 9.17) is 9.47 Å². The van der Waals surface area contributed by atoms with Crippen molar-refractivity contribution in [1.29, 1.82) is 0 Å². The minimum Gasteiger partial charge on any atom is -0.462 e. The molecule has 0 amide bonds. The predicted molar refractivity (Wildman–Crippen MR) is 251 cm³/mol. The minimum absolute atomic E-state index is 0.0671. The molecule has 1 N–H and O–H groups in total. The molecule has 1 atom stereocenters. The standard InChI is InChI=1S/C53H92O5/c1-3-5-7-9-11-13-15-17-19-20-21-22-23-24-25-26-27-28-29-30-31-32-34-36-38-40-42-44-46-48-53(56)58-51(49-54)50-57-52(55)47-45-43-41-39-37-35-33-18-16-14-12-10-8-6-4-2/h5,7,11,13,17,19,21-22,24-25,27-28,51,54H,3-4,6,8-10,12,14-16,18,20,23,26,29-50H2,1-2H3/b7-5-,13-11-,19-17-,22-21-,25-24-,28-27-. The third kappa shape index (κ3) is 46.0. The van der Waals surface area contributed by atoms with Gasteiger partial charge in [-0.25, -0.2) is 0 Å². The Morgan fingerprint density at radius 3 is 1.12 bits per heavy atom. The van der Waals surface area contributed by atoms with Gasteiger partial charge in [0.15, 0.2) is 6.10 Å². The van der Waals surface area contributed by atoms with Crippen molar-refractivity contribution in [2.24, 2.45) is 0 Å². The molecule has 0 bridgehead atoms. The van der Waals surface area contributed by atoms with E-state index in [0.29, 0.717) is 12.8 Å². The first-order valence-electron chi connectivity index (χ1n) is 24.5. The highest BCUT2D eigenvalue weighted by Crippen LogP contribution is 2.15. The van der Waals surface area contributed by atoms with Crippen LogP contribution < -0.4 is 0 Å². The molecule has 0 aromatic carbocycles. The van der Waals surface area contributed by atoms with Crippen molar-refractivity contribution in [3.8, 4) is 0 Å². The number of allylic oxidation sites excluding steroid dienone is 12. The van der Waals surface area contributed by atoms with Crippen molar-refractivity contribution in [3.63, 3.8) is 0 Å². The average Bonchev–Trinajstić information content (AvgIpc) is 3.23. The number of carbonyl (C=O) groups excluding carboxylic acids is 2. The van der Waals surface area contributed by atoms with Gasteiger partial charge in [0, 0.05) is 12.8 Å². The monoisotopic (exact) mass is 809 g/mol. The van der Waals surface area contributed by atoms with Crippen LogP contribution in [-0.2, 0) is 19.1 Å². The Kier molecular flexibility index (Phi) is 46.5. The Bertz CT molecular complexity index is 1050. The molecule has 0 aliphatic heterocycles. The molecule has 5 nitrogen and oxygen atoms in total. The Morgan fingerprint density at radius 1 is 0.414 bits per heavy atom. The molecule has 0 heterocycles. The smallest absolute Gasteiger partial charge is 0.306 e. The van der Waals surface area contributed by atoms with Crippen LogP contribution in [0.4, 0.5) is 0 Å². The zero-order valence-corrected chi connectivity index (χ0v) is 38.0. The van der Waals surface area contributed by atoms with Crippen molar-refractivity contribution in [3.05, 3.63) is 72.9 Å². The Hall–Kier alpha value is -2.66. The zero-order valence-electron chi connectivity index (χ0n) is 38.0. The van der Waals surface area contributed by atoms with E-state index in [1.54, 1.807) is 0 Å². The highest BCUT2D eigenvalue weighted by atomic mass is 16.6. The first-order valence-corrected chi connectivity index (χ1v) is 24.5. The molecular formula is C53H92O5. The van der Waals surface area contributed by atoms with E-state index in [1.165, 1.54) is 128 Å². The third-order valence-electron chi connectivity index (χ3n) is 10.5. The number of rotatable bonds is 44. The average molecular weight is 809 g/mol. The summed E-state index contributed by atoms with van der Waals surface area (Å²) in [6, 6.07) is 0. The summed E-state index contributed by atoms with van der Waals surface area (Å²) in [6.45, 7) is 4.03. The highest BCUT2D eigenvalue weighted by Gasteiger charge is 2.16. The van der Waals surface area contributed by atoms with Gasteiger partial charge in [-0.05, 0) is 64.2 Å². The van der Waals surface area contributed by atoms with Crippen molar-refractivity contribution in [2.45, 2.75) is 238 Å². The number of aliphatic hydroxyl groups is 1. The lowest BCUT2D eigenvalue weighted by atomic mass is 10.0. The number of aliphatic hydroxyl groups excluding tert-OH is 1. The molecule has 0 aromatic heterocycles. The van der Waals surface area contributed by atoms with Gasteiger partial charge >= 0.3 is 11.9 Å². The fraction of sp³-hybridized carbons (Fsp3) is 0.736. The summed E-state index contributed by atoms with van der Waals surface area (Å²) >= 11 is 0. The second kappa shape index (κ2) is 48.7.